The van der Waals surface area contributed by atoms with E-state index in [0.717, 1.165) is 19.6 Å². The van der Waals surface area contributed by atoms with Crippen LogP contribution in [-0.4, -0.2) is 12.6 Å². The summed E-state index contributed by atoms with van der Waals surface area (Å²) < 4.78 is 0. The van der Waals surface area contributed by atoms with Gasteiger partial charge in [0.15, 0.2) is 0 Å². The molecule has 0 bridgehead atoms. The van der Waals surface area contributed by atoms with Gasteiger partial charge < -0.3 is 10.2 Å². The highest BCUT2D eigenvalue weighted by Gasteiger charge is 2.11. The molecular formula is C18H26N2S. The van der Waals surface area contributed by atoms with E-state index in [9.17, 15) is 0 Å². The first-order chi connectivity index (χ1) is 10.1. The predicted octanol–water partition coefficient (Wildman–Crippen LogP) is 4.58. The van der Waals surface area contributed by atoms with Gasteiger partial charge in [0.05, 0.1) is 6.54 Å². The van der Waals surface area contributed by atoms with Crippen LogP contribution in [0.1, 0.15) is 36.8 Å². The van der Waals surface area contributed by atoms with E-state index in [-0.39, 0.29) is 0 Å². The second-order valence-corrected chi connectivity index (χ2v) is 6.79. The number of rotatable bonds is 7. The van der Waals surface area contributed by atoms with Crippen LogP contribution in [0.15, 0.2) is 35.7 Å². The lowest BCUT2D eigenvalue weighted by Crippen LogP contribution is -2.26. The van der Waals surface area contributed by atoms with Crippen molar-refractivity contribution in [2.45, 2.75) is 46.8 Å². The molecule has 0 spiro atoms. The fourth-order valence-corrected chi connectivity index (χ4v) is 3.16. The summed E-state index contributed by atoms with van der Waals surface area (Å²) in [6.45, 7) is 11.7. The third kappa shape index (κ3) is 4.58. The average Bonchev–Trinajstić information content (AvgIpc) is 2.96. The van der Waals surface area contributed by atoms with Gasteiger partial charge in [-0.2, -0.15) is 0 Å². The minimum absolute atomic E-state index is 0.505. The number of thiophene rings is 1. The summed E-state index contributed by atoms with van der Waals surface area (Å²) in [5, 5.41) is 5.70. The molecule has 2 rings (SSSR count). The van der Waals surface area contributed by atoms with E-state index < -0.39 is 0 Å². The first-order valence-corrected chi connectivity index (χ1v) is 8.58. The van der Waals surface area contributed by atoms with Crippen molar-refractivity contribution in [3.05, 3.63) is 51.7 Å². The molecular weight excluding hydrogens is 276 g/mol. The molecule has 0 aliphatic rings. The fraction of sp³-hybridized carbons (Fsp3) is 0.444. The Morgan fingerprint density at radius 3 is 2.67 bits per heavy atom. The number of nitrogens with one attached hydrogen (secondary N) is 1. The maximum absolute atomic E-state index is 3.54. The molecule has 0 fully saturated rings. The van der Waals surface area contributed by atoms with Gasteiger partial charge in [-0.25, -0.2) is 0 Å². The highest BCUT2D eigenvalue weighted by molar-refractivity contribution is 7.09. The zero-order valence-corrected chi connectivity index (χ0v) is 14.3. The van der Waals surface area contributed by atoms with E-state index in [4.69, 9.17) is 0 Å². The van der Waals surface area contributed by atoms with Gasteiger partial charge >= 0.3 is 0 Å². The van der Waals surface area contributed by atoms with Crippen LogP contribution in [0.25, 0.3) is 0 Å². The van der Waals surface area contributed by atoms with Crippen LogP contribution in [-0.2, 0) is 13.1 Å². The van der Waals surface area contributed by atoms with Crippen molar-refractivity contribution >= 4 is 17.0 Å². The van der Waals surface area contributed by atoms with E-state index >= 15 is 0 Å². The van der Waals surface area contributed by atoms with Crippen LogP contribution in [0.5, 0.6) is 0 Å². The first kappa shape index (κ1) is 16.1. The molecule has 0 aliphatic carbocycles. The lowest BCUT2D eigenvalue weighted by molar-refractivity contribution is 0.587. The Hall–Kier alpha value is -1.32. The van der Waals surface area contributed by atoms with Gasteiger partial charge in [0.2, 0.25) is 0 Å². The van der Waals surface area contributed by atoms with E-state index in [1.165, 1.54) is 21.7 Å². The van der Waals surface area contributed by atoms with Crippen molar-refractivity contribution in [1.82, 2.24) is 5.32 Å². The van der Waals surface area contributed by atoms with Crippen LogP contribution >= 0.6 is 11.3 Å². The number of aryl methyl sites for hydroxylation is 1. The number of benzene rings is 1. The van der Waals surface area contributed by atoms with E-state index in [2.05, 4.69) is 73.6 Å². The summed E-state index contributed by atoms with van der Waals surface area (Å²) in [4.78, 5) is 3.88. The zero-order chi connectivity index (χ0) is 15.2. The summed E-state index contributed by atoms with van der Waals surface area (Å²) in [5.74, 6) is 0. The Balaban J connectivity index is 2.22. The summed E-state index contributed by atoms with van der Waals surface area (Å²) in [6.07, 6.45) is 0. The van der Waals surface area contributed by atoms with Crippen molar-refractivity contribution in [3.63, 3.8) is 0 Å². The molecule has 1 N–H and O–H groups in total. The topological polar surface area (TPSA) is 15.3 Å². The van der Waals surface area contributed by atoms with Crippen LogP contribution in [0.3, 0.4) is 0 Å². The van der Waals surface area contributed by atoms with Crippen molar-refractivity contribution < 1.29 is 0 Å². The minimum atomic E-state index is 0.505. The summed E-state index contributed by atoms with van der Waals surface area (Å²) >= 11 is 1.83. The van der Waals surface area contributed by atoms with Gasteiger partial charge in [-0.1, -0.05) is 37.6 Å². The molecule has 21 heavy (non-hydrogen) atoms. The molecule has 0 aliphatic heterocycles. The zero-order valence-electron chi connectivity index (χ0n) is 13.5. The van der Waals surface area contributed by atoms with Crippen molar-refractivity contribution in [1.29, 1.82) is 0 Å². The Morgan fingerprint density at radius 2 is 2.05 bits per heavy atom. The van der Waals surface area contributed by atoms with Crippen LogP contribution < -0.4 is 10.2 Å². The van der Waals surface area contributed by atoms with Crippen LogP contribution in [0.2, 0.25) is 0 Å². The molecule has 2 nitrogen and oxygen atoms in total. The highest BCUT2D eigenvalue weighted by Crippen LogP contribution is 2.25. The molecule has 0 radical (unpaired) electrons. The molecule has 0 unspecified atom stereocenters. The highest BCUT2D eigenvalue weighted by atomic mass is 32.1. The summed E-state index contributed by atoms with van der Waals surface area (Å²) in [6, 6.07) is 11.6. The van der Waals surface area contributed by atoms with Crippen molar-refractivity contribution in [2.24, 2.45) is 0 Å². The molecule has 0 saturated carbocycles. The summed E-state index contributed by atoms with van der Waals surface area (Å²) in [7, 11) is 0. The van der Waals surface area contributed by atoms with Gasteiger partial charge in [0, 0.05) is 29.7 Å². The Morgan fingerprint density at radius 1 is 1.24 bits per heavy atom. The van der Waals surface area contributed by atoms with E-state index in [0.29, 0.717) is 6.04 Å². The normalized spacial score (nSPS) is 11.1. The Labute approximate surface area is 132 Å². The van der Waals surface area contributed by atoms with Gasteiger partial charge in [0.1, 0.15) is 0 Å². The maximum Gasteiger partial charge on any atom is 0.0522 e. The molecule has 0 amide bonds. The number of hydrogen-bond donors (Lipinski definition) is 1. The second-order valence-electron chi connectivity index (χ2n) is 5.76. The van der Waals surface area contributed by atoms with E-state index in [1.807, 2.05) is 11.3 Å². The molecule has 1 heterocycles. The molecule has 114 valence electrons. The van der Waals surface area contributed by atoms with Gasteiger partial charge in [-0.05, 0) is 36.9 Å². The van der Waals surface area contributed by atoms with Crippen molar-refractivity contribution in [3.8, 4) is 0 Å². The Kier molecular flexibility index (Phi) is 5.83. The standard InChI is InChI=1S/C18H26N2S/c1-5-20(13-17-7-6-10-21-17)18-9-8-15(4)11-16(18)12-19-14(2)3/h6-11,14,19H,5,12-13H2,1-4H3. The molecule has 3 heteroatoms. The molecule has 1 aromatic carbocycles. The average molecular weight is 302 g/mol. The van der Waals surface area contributed by atoms with Crippen LogP contribution in [0.4, 0.5) is 5.69 Å². The number of hydrogen-bond acceptors (Lipinski definition) is 3. The molecule has 2 aromatic rings. The van der Waals surface area contributed by atoms with Gasteiger partial charge in [0.25, 0.3) is 0 Å². The third-order valence-electron chi connectivity index (χ3n) is 3.58. The maximum atomic E-state index is 3.54. The monoisotopic (exact) mass is 302 g/mol. The van der Waals surface area contributed by atoms with E-state index in [1.54, 1.807) is 0 Å². The minimum Gasteiger partial charge on any atom is -0.366 e. The molecule has 0 saturated heterocycles. The Bertz CT molecular complexity index is 546. The van der Waals surface area contributed by atoms with Gasteiger partial charge in [-0.15, -0.1) is 11.3 Å². The SMILES string of the molecule is CCN(Cc1cccs1)c1ccc(C)cc1CNC(C)C. The summed E-state index contributed by atoms with van der Waals surface area (Å²) in [5.41, 5.74) is 4.07. The number of anilines is 1. The van der Waals surface area contributed by atoms with Crippen molar-refractivity contribution in [2.75, 3.05) is 11.4 Å². The quantitative estimate of drug-likeness (QED) is 0.805. The lowest BCUT2D eigenvalue weighted by atomic mass is 10.1. The largest absolute Gasteiger partial charge is 0.366 e. The third-order valence-corrected chi connectivity index (χ3v) is 4.45. The molecule has 1 aromatic heterocycles. The first-order valence-electron chi connectivity index (χ1n) is 7.70. The molecule has 0 atom stereocenters. The number of nitrogens with zero attached hydrogens (tertiary/aromatic N) is 1. The smallest absolute Gasteiger partial charge is 0.0522 e. The lowest BCUT2D eigenvalue weighted by Gasteiger charge is -2.26. The fourth-order valence-electron chi connectivity index (χ4n) is 2.44. The predicted molar refractivity (Wildman–Crippen MR) is 94.2 cm³/mol. The van der Waals surface area contributed by atoms with Crippen LogP contribution in [0, 0.1) is 6.92 Å². The van der Waals surface area contributed by atoms with Gasteiger partial charge in [-0.3, -0.25) is 0 Å². The second kappa shape index (κ2) is 7.62.